The lowest BCUT2D eigenvalue weighted by molar-refractivity contribution is 1.22. The Morgan fingerprint density at radius 1 is 1.12 bits per heavy atom. The number of nitrogen functional groups attached to an aromatic ring is 1. The predicted octanol–water partition coefficient (Wildman–Crippen LogP) is 2.76. The minimum Gasteiger partial charge on any atom is -0.382 e. The smallest absolute Gasteiger partial charge is 0.141 e. The van der Waals surface area contributed by atoms with Crippen molar-refractivity contribution in [2.24, 2.45) is 5.73 Å². The summed E-state index contributed by atoms with van der Waals surface area (Å²) in [6, 6.07) is 13.6. The standard InChI is InChI=1S/C13H13N3.ClH/c1-9-7-8-11(13(14)15)16-12(9)10-5-3-2-4-6-10;/h2-8H,1H3,(H3,14,15);1H. The molecular weight excluding hydrogens is 234 g/mol. The Kier molecular flexibility index (Phi) is 4.24. The van der Waals surface area contributed by atoms with E-state index in [4.69, 9.17) is 11.1 Å². The Morgan fingerprint density at radius 3 is 2.35 bits per heavy atom. The third kappa shape index (κ3) is 2.82. The number of nitrogens with two attached hydrogens (primary N) is 1. The van der Waals surface area contributed by atoms with Gasteiger partial charge in [-0.25, -0.2) is 4.98 Å². The lowest BCUT2D eigenvalue weighted by atomic mass is 10.1. The molecule has 0 atom stereocenters. The molecule has 4 heteroatoms. The van der Waals surface area contributed by atoms with Gasteiger partial charge in [0.2, 0.25) is 0 Å². The Morgan fingerprint density at radius 2 is 1.76 bits per heavy atom. The number of rotatable bonds is 2. The van der Waals surface area contributed by atoms with Crippen molar-refractivity contribution in [1.82, 2.24) is 4.98 Å². The van der Waals surface area contributed by atoms with Crippen molar-refractivity contribution in [1.29, 1.82) is 5.41 Å². The van der Waals surface area contributed by atoms with E-state index >= 15 is 0 Å². The molecule has 0 saturated carbocycles. The first-order chi connectivity index (χ1) is 7.68. The van der Waals surface area contributed by atoms with E-state index in [0.29, 0.717) is 5.69 Å². The highest BCUT2D eigenvalue weighted by Gasteiger charge is 2.06. The van der Waals surface area contributed by atoms with Gasteiger partial charge in [0.15, 0.2) is 0 Å². The summed E-state index contributed by atoms with van der Waals surface area (Å²) in [4.78, 5) is 4.39. The second-order valence-corrected chi connectivity index (χ2v) is 3.64. The van der Waals surface area contributed by atoms with Crippen LogP contribution in [-0.4, -0.2) is 10.8 Å². The molecule has 0 unspecified atom stereocenters. The van der Waals surface area contributed by atoms with Crippen LogP contribution in [0.25, 0.3) is 11.3 Å². The fraction of sp³-hybridized carbons (Fsp3) is 0.0769. The second-order valence-electron chi connectivity index (χ2n) is 3.64. The van der Waals surface area contributed by atoms with Gasteiger partial charge in [-0.1, -0.05) is 36.4 Å². The number of benzene rings is 1. The summed E-state index contributed by atoms with van der Waals surface area (Å²) < 4.78 is 0. The lowest BCUT2D eigenvalue weighted by Gasteiger charge is -2.07. The highest BCUT2D eigenvalue weighted by Crippen LogP contribution is 2.20. The molecule has 0 saturated heterocycles. The summed E-state index contributed by atoms with van der Waals surface area (Å²) in [5.74, 6) is -0.00261. The number of halogens is 1. The van der Waals surface area contributed by atoms with Crippen molar-refractivity contribution < 1.29 is 0 Å². The van der Waals surface area contributed by atoms with Gasteiger partial charge < -0.3 is 5.73 Å². The van der Waals surface area contributed by atoms with E-state index < -0.39 is 0 Å². The van der Waals surface area contributed by atoms with E-state index in [2.05, 4.69) is 4.98 Å². The Labute approximate surface area is 107 Å². The third-order valence-corrected chi connectivity index (χ3v) is 2.42. The highest BCUT2D eigenvalue weighted by molar-refractivity contribution is 5.93. The third-order valence-electron chi connectivity index (χ3n) is 2.42. The number of aryl methyl sites for hydroxylation is 1. The Bertz CT molecular complexity index is 523. The van der Waals surface area contributed by atoms with Crippen LogP contribution >= 0.6 is 12.4 Å². The van der Waals surface area contributed by atoms with Gasteiger partial charge in [-0.15, -0.1) is 12.4 Å². The predicted molar refractivity (Wildman–Crippen MR) is 72.7 cm³/mol. The zero-order chi connectivity index (χ0) is 11.5. The van der Waals surface area contributed by atoms with E-state index in [1.165, 1.54) is 0 Å². The topological polar surface area (TPSA) is 62.8 Å². The summed E-state index contributed by atoms with van der Waals surface area (Å²) in [6.45, 7) is 2.00. The van der Waals surface area contributed by atoms with Crippen LogP contribution in [0.1, 0.15) is 11.3 Å². The number of aromatic nitrogens is 1. The molecule has 88 valence electrons. The molecule has 3 nitrogen and oxygen atoms in total. The SMILES string of the molecule is Cc1ccc(C(=N)N)nc1-c1ccccc1.Cl. The number of hydrogen-bond acceptors (Lipinski definition) is 2. The van der Waals surface area contributed by atoms with Crippen LogP contribution in [0, 0.1) is 12.3 Å². The summed E-state index contributed by atoms with van der Waals surface area (Å²) in [6.07, 6.45) is 0. The van der Waals surface area contributed by atoms with Gasteiger partial charge in [-0.05, 0) is 18.6 Å². The van der Waals surface area contributed by atoms with Crippen LogP contribution in [0.5, 0.6) is 0 Å². The Balaban J connectivity index is 0.00000144. The van der Waals surface area contributed by atoms with Crippen molar-refractivity contribution >= 4 is 18.2 Å². The van der Waals surface area contributed by atoms with Crippen molar-refractivity contribution in [2.45, 2.75) is 6.92 Å². The van der Waals surface area contributed by atoms with Crippen LogP contribution in [-0.2, 0) is 0 Å². The van der Waals surface area contributed by atoms with Crippen molar-refractivity contribution in [3.05, 3.63) is 53.7 Å². The maximum atomic E-state index is 7.38. The van der Waals surface area contributed by atoms with Gasteiger partial charge in [0.25, 0.3) is 0 Å². The van der Waals surface area contributed by atoms with E-state index in [1.807, 2.05) is 43.3 Å². The average molecular weight is 248 g/mol. The summed E-state index contributed by atoms with van der Waals surface area (Å²) in [5, 5.41) is 7.38. The molecule has 0 fully saturated rings. The van der Waals surface area contributed by atoms with E-state index in [1.54, 1.807) is 6.07 Å². The van der Waals surface area contributed by atoms with Gasteiger partial charge in [0.05, 0.1) is 5.69 Å². The molecule has 2 rings (SSSR count). The number of pyridine rings is 1. The van der Waals surface area contributed by atoms with Crippen LogP contribution in [0.2, 0.25) is 0 Å². The molecule has 0 aliphatic rings. The first-order valence-corrected chi connectivity index (χ1v) is 5.06. The molecule has 0 spiro atoms. The quantitative estimate of drug-likeness (QED) is 0.633. The second kappa shape index (κ2) is 5.46. The fourth-order valence-corrected chi connectivity index (χ4v) is 1.57. The number of amidine groups is 1. The van der Waals surface area contributed by atoms with Gasteiger partial charge >= 0.3 is 0 Å². The average Bonchev–Trinajstić information content (AvgIpc) is 2.30. The molecule has 1 heterocycles. The molecule has 0 aliphatic carbocycles. The first-order valence-electron chi connectivity index (χ1n) is 5.06. The molecule has 0 aliphatic heterocycles. The van der Waals surface area contributed by atoms with Crippen LogP contribution in [0.15, 0.2) is 42.5 Å². The van der Waals surface area contributed by atoms with Crippen LogP contribution in [0.4, 0.5) is 0 Å². The zero-order valence-corrected chi connectivity index (χ0v) is 10.3. The lowest BCUT2D eigenvalue weighted by Crippen LogP contribution is -2.13. The zero-order valence-electron chi connectivity index (χ0n) is 9.47. The van der Waals surface area contributed by atoms with Gasteiger partial charge in [0, 0.05) is 5.56 Å². The molecule has 0 bridgehead atoms. The maximum absolute atomic E-state index is 7.38. The number of nitrogens with zero attached hydrogens (tertiary/aromatic N) is 1. The number of hydrogen-bond donors (Lipinski definition) is 2. The molecule has 1 aromatic heterocycles. The van der Waals surface area contributed by atoms with Crippen LogP contribution < -0.4 is 5.73 Å². The fourth-order valence-electron chi connectivity index (χ4n) is 1.57. The van der Waals surface area contributed by atoms with E-state index in [9.17, 15) is 0 Å². The molecule has 0 amide bonds. The van der Waals surface area contributed by atoms with Crippen molar-refractivity contribution in [3.8, 4) is 11.3 Å². The monoisotopic (exact) mass is 247 g/mol. The van der Waals surface area contributed by atoms with Gasteiger partial charge in [0.1, 0.15) is 11.5 Å². The van der Waals surface area contributed by atoms with Crippen molar-refractivity contribution in [2.75, 3.05) is 0 Å². The molecule has 17 heavy (non-hydrogen) atoms. The first kappa shape index (κ1) is 13.2. The summed E-state index contributed by atoms with van der Waals surface area (Å²) in [5.41, 5.74) is 8.96. The van der Waals surface area contributed by atoms with Gasteiger partial charge in [-0.2, -0.15) is 0 Å². The maximum Gasteiger partial charge on any atom is 0.141 e. The molecule has 3 N–H and O–H groups in total. The van der Waals surface area contributed by atoms with E-state index in [-0.39, 0.29) is 18.2 Å². The largest absolute Gasteiger partial charge is 0.382 e. The minimum absolute atomic E-state index is 0. The normalized spacial score (nSPS) is 9.47. The molecule has 2 aromatic rings. The van der Waals surface area contributed by atoms with Gasteiger partial charge in [-0.3, -0.25) is 5.41 Å². The number of nitrogens with one attached hydrogen (secondary N) is 1. The molecule has 0 radical (unpaired) electrons. The minimum atomic E-state index is -0.00261. The van der Waals surface area contributed by atoms with Crippen molar-refractivity contribution in [3.63, 3.8) is 0 Å². The summed E-state index contributed by atoms with van der Waals surface area (Å²) in [7, 11) is 0. The van der Waals surface area contributed by atoms with E-state index in [0.717, 1.165) is 16.8 Å². The molecular formula is C13H14ClN3. The van der Waals surface area contributed by atoms with Crippen LogP contribution in [0.3, 0.4) is 0 Å². The summed E-state index contributed by atoms with van der Waals surface area (Å²) >= 11 is 0. The molecule has 1 aromatic carbocycles. The Hall–Kier alpha value is -1.87. The highest BCUT2D eigenvalue weighted by atomic mass is 35.5.